The Morgan fingerprint density at radius 1 is 1.00 bits per heavy atom. The van der Waals surface area contributed by atoms with E-state index >= 15 is 8.78 Å². The lowest BCUT2D eigenvalue weighted by atomic mass is 9.89. The van der Waals surface area contributed by atoms with E-state index in [-0.39, 0.29) is 17.5 Å². The highest BCUT2D eigenvalue weighted by molar-refractivity contribution is 5.98. The summed E-state index contributed by atoms with van der Waals surface area (Å²) >= 11 is 0. The molecule has 8 nitrogen and oxygen atoms in total. The van der Waals surface area contributed by atoms with E-state index < -0.39 is 22.9 Å². The van der Waals surface area contributed by atoms with Crippen LogP contribution in [0.3, 0.4) is 0 Å². The molecule has 0 atom stereocenters. The first-order valence-corrected chi connectivity index (χ1v) is 16.0. The number of para-hydroxylation sites is 1. The summed E-state index contributed by atoms with van der Waals surface area (Å²) in [4.78, 5) is 38.2. The normalized spacial score (nSPS) is 13.8. The summed E-state index contributed by atoms with van der Waals surface area (Å²) in [6.45, 7) is 10.1. The number of carbonyl (C=O) groups is 1. The van der Waals surface area contributed by atoms with Gasteiger partial charge in [0.1, 0.15) is 17.3 Å². The zero-order valence-electron chi connectivity index (χ0n) is 26.3. The van der Waals surface area contributed by atoms with Gasteiger partial charge in [0.25, 0.3) is 11.5 Å². The van der Waals surface area contributed by atoms with Crippen LogP contribution in [0.15, 0.2) is 53.3 Å². The van der Waals surface area contributed by atoms with Crippen LogP contribution in [0.25, 0.3) is 28.0 Å². The Bertz CT molecular complexity index is 1690. The lowest BCUT2D eigenvalue weighted by Gasteiger charge is -2.22. The van der Waals surface area contributed by atoms with Gasteiger partial charge in [-0.1, -0.05) is 45.2 Å². The number of aryl methyl sites for hydroxylation is 1. The topological polar surface area (TPSA) is 92.2 Å². The third kappa shape index (κ3) is 7.39. The Hall–Kier alpha value is -4.18. The van der Waals surface area contributed by atoms with E-state index in [4.69, 9.17) is 4.98 Å². The monoisotopic (exact) mass is 616 g/mol. The second kappa shape index (κ2) is 14.7. The Kier molecular flexibility index (Phi) is 10.5. The van der Waals surface area contributed by atoms with Crippen molar-refractivity contribution in [3.8, 4) is 16.9 Å². The molecule has 2 aromatic heterocycles. The van der Waals surface area contributed by atoms with Crippen LogP contribution in [-0.2, 0) is 0 Å². The number of aromatic nitrogens is 3. The van der Waals surface area contributed by atoms with Crippen LogP contribution < -0.4 is 16.2 Å². The van der Waals surface area contributed by atoms with E-state index in [9.17, 15) is 9.59 Å². The summed E-state index contributed by atoms with van der Waals surface area (Å²) in [5.74, 6) is -1.22. The zero-order valence-corrected chi connectivity index (χ0v) is 26.3. The number of carbonyl (C=O) groups excluding carboxylic acids is 1. The third-order valence-electron chi connectivity index (χ3n) is 8.77. The fourth-order valence-corrected chi connectivity index (χ4v) is 6.11. The maximum absolute atomic E-state index is 15.1. The number of hydrogen-bond acceptors (Lipinski definition) is 6. The molecule has 2 aromatic carbocycles. The number of anilines is 1. The largest absolute Gasteiger partial charge is 0.354 e. The van der Waals surface area contributed by atoms with Gasteiger partial charge in [-0.25, -0.2) is 13.8 Å². The maximum atomic E-state index is 15.1. The number of halogens is 2. The van der Waals surface area contributed by atoms with Crippen LogP contribution >= 0.6 is 0 Å². The highest BCUT2D eigenvalue weighted by Gasteiger charge is 2.21. The highest BCUT2D eigenvalue weighted by atomic mass is 19.1. The predicted molar refractivity (Wildman–Crippen MR) is 175 cm³/mol. The predicted octanol–water partition coefficient (Wildman–Crippen LogP) is 6.49. The number of benzene rings is 2. The Morgan fingerprint density at radius 3 is 2.44 bits per heavy atom. The summed E-state index contributed by atoms with van der Waals surface area (Å²) in [6.07, 6.45) is 6.72. The van der Waals surface area contributed by atoms with Gasteiger partial charge in [-0.05, 0) is 87.6 Å². The summed E-state index contributed by atoms with van der Waals surface area (Å²) in [5.41, 5.74) is 1.39. The fourth-order valence-electron chi connectivity index (χ4n) is 6.11. The number of hydrogen-bond donors (Lipinski definition) is 2. The first-order valence-electron chi connectivity index (χ1n) is 16.0. The van der Waals surface area contributed by atoms with Crippen molar-refractivity contribution in [2.24, 2.45) is 5.92 Å². The lowest BCUT2D eigenvalue weighted by molar-refractivity contribution is 0.0943. The second-order valence-electron chi connectivity index (χ2n) is 11.8. The van der Waals surface area contributed by atoms with E-state index in [1.54, 1.807) is 18.2 Å². The van der Waals surface area contributed by atoms with E-state index in [0.717, 1.165) is 61.2 Å². The molecule has 1 aliphatic carbocycles. The number of fused-ring (bicyclic) bond motifs is 1. The van der Waals surface area contributed by atoms with Crippen LogP contribution in [0.4, 0.5) is 14.7 Å². The maximum Gasteiger partial charge on any atom is 0.256 e. The van der Waals surface area contributed by atoms with Gasteiger partial charge in [0.05, 0.1) is 5.69 Å². The summed E-state index contributed by atoms with van der Waals surface area (Å²) in [6, 6.07) is 11.7. The molecular weight excluding hydrogens is 574 g/mol. The minimum Gasteiger partial charge on any atom is -0.354 e. The van der Waals surface area contributed by atoms with Gasteiger partial charge in [-0.2, -0.15) is 4.98 Å². The molecule has 0 aliphatic heterocycles. The van der Waals surface area contributed by atoms with E-state index in [2.05, 4.69) is 34.4 Å². The molecule has 1 saturated carbocycles. The average molecular weight is 617 g/mol. The van der Waals surface area contributed by atoms with E-state index in [1.807, 2.05) is 13.0 Å². The first kappa shape index (κ1) is 32.2. The molecule has 0 unspecified atom stereocenters. The van der Waals surface area contributed by atoms with Crippen molar-refractivity contribution in [3.63, 3.8) is 0 Å². The molecule has 0 spiro atoms. The number of nitrogens with one attached hydrogen (secondary N) is 2. The van der Waals surface area contributed by atoms with Crippen molar-refractivity contribution in [3.05, 3.63) is 81.6 Å². The van der Waals surface area contributed by atoms with Crippen LogP contribution in [0.5, 0.6) is 0 Å². The van der Waals surface area contributed by atoms with Crippen LogP contribution in [0, 0.1) is 24.5 Å². The van der Waals surface area contributed by atoms with Gasteiger partial charge >= 0.3 is 0 Å². The van der Waals surface area contributed by atoms with Gasteiger partial charge in [0, 0.05) is 35.7 Å². The molecule has 238 valence electrons. The molecule has 45 heavy (non-hydrogen) atoms. The highest BCUT2D eigenvalue weighted by Crippen LogP contribution is 2.32. The van der Waals surface area contributed by atoms with Gasteiger partial charge in [0.2, 0.25) is 5.95 Å². The van der Waals surface area contributed by atoms with Gasteiger partial charge in [-0.3, -0.25) is 14.2 Å². The Morgan fingerprint density at radius 2 is 1.73 bits per heavy atom. The smallest absolute Gasteiger partial charge is 0.256 e. The second-order valence-corrected chi connectivity index (χ2v) is 11.8. The molecule has 1 fully saturated rings. The molecule has 1 amide bonds. The van der Waals surface area contributed by atoms with Crippen molar-refractivity contribution in [2.45, 2.75) is 59.3 Å². The molecule has 5 rings (SSSR count). The average Bonchev–Trinajstić information content (AvgIpc) is 3.05. The van der Waals surface area contributed by atoms with Gasteiger partial charge < -0.3 is 15.5 Å². The molecule has 1 aliphatic rings. The van der Waals surface area contributed by atoms with E-state index in [1.165, 1.54) is 31.4 Å². The van der Waals surface area contributed by atoms with Crippen LogP contribution in [0.1, 0.15) is 68.3 Å². The molecular formula is C35H42F2N6O2. The fraction of sp³-hybridized carbons (Fsp3) is 0.429. The Balaban J connectivity index is 1.58. The van der Waals surface area contributed by atoms with Crippen LogP contribution in [-0.4, -0.2) is 58.1 Å². The standard InChI is InChI=1S/C35H42F2N6O2/c1-4-42(5-2)20-10-19-38-35-40-31(26-17-18-30(44)43(33(26)41-35)32-28(36)13-9-14-29(32)37)27-21-25(16-15-23(27)3)34(45)39-22-24-11-7-6-8-12-24/h9,13-18,21,24H,4-8,10-12,19-20,22H2,1-3H3,(H,39,45)(H,38,40,41). The van der Waals surface area contributed by atoms with Gasteiger partial charge in [-0.15, -0.1) is 0 Å². The first-order chi connectivity index (χ1) is 21.8. The summed E-state index contributed by atoms with van der Waals surface area (Å²) in [5, 5.41) is 6.79. The van der Waals surface area contributed by atoms with Crippen LogP contribution in [0.2, 0.25) is 0 Å². The molecule has 4 aromatic rings. The number of amides is 1. The SMILES string of the molecule is CCN(CC)CCCNc1nc(-c2cc(C(=O)NCC3CCCCC3)ccc2C)c2ccc(=O)n(-c3c(F)cccc3F)c2n1. The van der Waals surface area contributed by atoms with Gasteiger partial charge in [0.15, 0.2) is 5.65 Å². The van der Waals surface area contributed by atoms with Crippen molar-refractivity contribution < 1.29 is 13.6 Å². The third-order valence-corrected chi connectivity index (χ3v) is 8.77. The van der Waals surface area contributed by atoms with Crippen molar-refractivity contribution in [1.29, 1.82) is 0 Å². The minimum atomic E-state index is -0.883. The quantitative estimate of drug-likeness (QED) is 0.177. The lowest BCUT2D eigenvalue weighted by Crippen LogP contribution is -2.30. The Labute approximate surface area is 262 Å². The molecule has 0 bridgehead atoms. The number of nitrogens with zero attached hydrogens (tertiary/aromatic N) is 4. The molecule has 0 saturated heterocycles. The zero-order chi connectivity index (χ0) is 31.9. The van der Waals surface area contributed by atoms with Crippen molar-refractivity contribution in [2.75, 3.05) is 38.0 Å². The summed E-state index contributed by atoms with van der Waals surface area (Å²) in [7, 11) is 0. The molecule has 2 N–H and O–H groups in total. The minimum absolute atomic E-state index is 0.0642. The van der Waals surface area contributed by atoms with E-state index in [0.29, 0.717) is 41.2 Å². The molecule has 2 heterocycles. The number of pyridine rings is 1. The summed E-state index contributed by atoms with van der Waals surface area (Å²) < 4.78 is 31.1. The number of rotatable bonds is 12. The van der Waals surface area contributed by atoms with Crippen molar-refractivity contribution in [1.82, 2.24) is 24.8 Å². The molecule has 10 heteroatoms. The molecule has 0 radical (unpaired) electrons. The van der Waals surface area contributed by atoms with Crippen molar-refractivity contribution >= 4 is 22.9 Å².